The summed E-state index contributed by atoms with van der Waals surface area (Å²) in [5.41, 5.74) is 0. The zero-order valence-corrected chi connectivity index (χ0v) is 19.7. The Hall–Kier alpha value is -1.13. The number of hydrogen-bond donors (Lipinski definition) is 11. The van der Waals surface area contributed by atoms with Gasteiger partial charge in [-0.2, -0.15) is 0 Å². The van der Waals surface area contributed by atoms with E-state index in [0.717, 1.165) is 6.92 Å². The maximum Gasteiger partial charge on any atom is 0.217 e. The van der Waals surface area contributed by atoms with E-state index in [0.29, 0.717) is 0 Å². The van der Waals surface area contributed by atoms with Crippen LogP contribution in [0.5, 0.6) is 0 Å². The Morgan fingerprint density at radius 3 is 1.76 bits per heavy atom. The lowest BCUT2D eigenvalue weighted by Gasteiger charge is -2.48. The molecule has 37 heavy (non-hydrogen) atoms. The molecule has 0 saturated carbocycles. The molecule has 0 aromatic carbocycles. The number of ether oxygens (including phenoxy) is 5. The van der Waals surface area contributed by atoms with E-state index in [4.69, 9.17) is 23.7 Å². The molecule has 1 amide bonds. The summed E-state index contributed by atoms with van der Waals surface area (Å²) in [5.74, 6) is -0.638. The van der Waals surface area contributed by atoms with Crippen LogP contribution in [-0.4, -0.2) is 169 Å². The molecule has 3 heterocycles. The van der Waals surface area contributed by atoms with Crippen LogP contribution in [0.4, 0.5) is 0 Å². The summed E-state index contributed by atoms with van der Waals surface area (Å²) in [7, 11) is 0. The average molecular weight is 545 g/mol. The Balaban J connectivity index is 1.77. The summed E-state index contributed by atoms with van der Waals surface area (Å²) in [6.07, 6.45) is -23.3. The van der Waals surface area contributed by atoms with Gasteiger partial charge in [-0.15, -0.1) is 0 Å². The highest BCUT2D eigenvalue weighted by Gasteiger charge is 2.53. The van der Waals surface area contributed by atoms with Crippen molar-refractivity contribution in [3.8, 4) is 0 Å². The first-order valence-corrected chi connectivity index (χ1v) is 11.6. The highest BCUT2D eigenvalue weighted by atomic mass is 16.7. The lowest BCUT2D eigenvalue weighted by molar-refractivity contribution is -0.372. The summed E-state index contributed by atoms with van der Waals surface area (Å²) < 4.78 is 26.8. The van der Waals surface area contributed by atoms with Gasteiger partial charge in [0, 0.05) is 6.92 Å². The molecular weight excluding hydrogens is 510 g/mol. The van der Waals surface area contributed by atoms with Crippen LogP contribution < -0.4 is 5.32 Å². The number of aliphatic hydroxyl groups excluding tert-OH is 10. The first kappa shape index (κ1) is 30.4. The smallest absolute Gasteiger partial charge is 0.217 e. The normalized spacial score (nSPS) is 49.0. The molecule has 3 aliphatic heterocycles. The van der Waals surface area contributed by atoms with E-state index in [9.17, 15) is 55.9 Å². The number of hydrogen-bond acceptors (Lipinski definition) is 16. The average Bonchev–Trinajstić information content (AvgIpc) is 2.87. The minimum Gasteiger partial charge on any atom is -0.394 e. The number of rotatable bonds is 8. The largest absolute Gasteiger partial charge is 0.394 e. The van der Waals surface area contributed by atoms with Gasteiger partial charge < -0.3 is 80.1 Å². The van der Waals surface area contributed by atoms with E-state index in [1.807, 2.05) is 0 Å². The van der Waals surface area contributed by atoms with Crippen molar-refractivity contribution in [2.24, 2.45) is 0 Å². The van der Waals surface area contributed by atoms with E-state index >= 15 is 0 Å². The number of amides is 1. The molecule has 0 bridgehead atoms. The van der Waals surface area contributed by atoms with Gasteiger partial charge in [0.1, 0.15) is 73.2 Å². The van der Waals surface area contributed by atoms with Crippen molar-refractivity contribution >= 4 is 5.91 Å². The Labute approximate surface area is 210 Å². The van der Waals surface area contributed by atoms with Crippen LogP contribution in [0, 0.1) is 0 Å². The Morgan fingerprint density at radius 1 is 0.649 bits per heavy atom. The monoisotopic (exact) mass is 545 g/mol. The van der Waals surface area contributed by atoms with Gasteiger partial charge in [-0.3, -0.25) is 4.79 Å². The molecule has 3 aliphatic rings. The predicted octanol–water partition coefficient (Wildman–Crippen LogP) is -7.43. The Morgan fingerprint density at radius 2 is 1.19 bits per heavy atom. The van der Waals surface area contributed by atoms with Gasteiger partial charge in [-0.25, -0.2) is 0 Å². The molecule has 1 unspecified atom stereocenters. The third kappa shape index (κ3) is 6.38. The van der Waals surface area contributed by atoms with E-state index in [2.05, 4.69) is 5.32 Å². The number of nitrogens with one attached hydrogen (secondary N) is 1. The van der Waals surface area contributed by atoms with Crippen molar-refractivity contribution in [3.05, 3.63) is 0 Å². The minimum absolute atomic E-state index is 0.638. The lowest BCUT2D eigenvalue weighted by atomic mass is 9.95. The van der Waals surface area contributed by atoms with Crippen molar-refractivity contribution in [1.82, 2.24) is 5.32 Å². The van der Waals surface area contributed by atoms with Gasteiger partial charge in [0.05, 0.1) is 19.8 Å². The van der Waals surface area contributed by atoms with Crippen molar-refractivity contribution < 1.29 is 79.5 Å². The standard InChI is InChI=1S/C20H35NO16/c1-5(25)21-9-12(28)10(26)6(2-22)34-19(9)36-16-8(4-24)35-20(14(30)13(16)29)37-17-11(27)7(3-23)33-18(32)15(17)31/h6-20,22-24,26-32H,2-4H2,1H3,(H,21,25)/t6-,7-,8-,9-,10-,11-,12-,13-,14-,15-,16-,17+,18?,19+,20+/m1/s1. The van der Waals surface area contributed by atoms with Crippen molar-refractivity contribution in [2.75, 3.05) is 19.8 Å². The first-order valence-electron chi connectivity index (χ1n) is 11.6. The van der Waals surface area contributed by atoms with Crippen LogP contribution >= 0.6 is 0 Å². The molecule has 17 nitrogen and oxygen atoms in total. The number of aliphatic hydroxyl groups is 10. The zero-order valence-electron chi connectivity index (χ0n) is 19.7. The fourth-order valence-electron chi connectivity index (χ4n) is 4.46. The highest BCUT2D eigenvalue weighted by Crippen LogP contribution is 2.32. The molecule has 0 radical (unpaired) electrons. The van der Waals surface area contributed by atoms with Crippen molar-refractivity contribution in [3.63, 3.8) is 0 Å². The molecule has 3 fully saturated rings. The molecular formula is C20H35NO16. The molecule has 0 aliphatic carbocycles. The summed E-state index contributed by atoms with van der Waals surface area (Å²) >= 11 is 0. The quantitative estimate of drug-likeness (QED) is 0.135. The third-order valence-electron chi connectivity index (χ3n) is 6.49. The second-order valence-corrected chi connectivity index (χ2v) is 9.07. The lowest BCUT2D eigenvalue weighted by Crippen LogP contribution is -2.68. The minimum atomic E-state index is -1.94. The summed E-state index contributed by atoms with van der Waals surface area (Å²) in [6, 6.07) is -1.39. The summed E-state index contributed by atoms with van der Waals surface area (Å²) in [4.78, 5) is 11.6. The predicted molar refractivity (Wildman–Crippen MR) is 113 cm³/mol. The van der Waals surface area contributed by atoms with Crippen molar-refractivity contribution in [2.45, 2.75) is 99.0 Å². The van der Waals surface area contributed by atoms with Gasteiger partial charge in [-0.1, -0.05) is 0 Å². The highest BCUT2D eigenvalue weighted by molar-refractivity contribution is 5.73. The van der Waals surface area contributed by atoms with Crippen molar-refractivity contribution in [1.29, 1.82) is 0 Å². The second kappa shape index (κ2) is 12.8. The molecule has 0 aromatic heterocycles. The maximum absolute atomic E-state index is 11.6. The molecule has 0 spiro atoms. The molecule has 3 saturated heterocycles. The van der Waals surface area contributed by atoms with E-state index in [1.54, 1.807) is 0 Å². The molecule has 0 aromatic rings. The Bertz CT molecular complexity index is 745. The molecule has 216 valence electrons. The van der Waals surface area contributed by atoms with Crippen LogP contribution in [0.2, 0.25) is 0 Å². The fourth-order valence-corrected chi connectivity index (χ4v) is 4.46. The second-order valence-electron chi connectivity index (χ2n) is 9.07. The van der Waals surface area contributed by atoms with Gasteiger partial charge >= 0.3 is 0 Å². The molecule has 3 rings (SSSR count). The Kier molecular flexibility index (Phi) is 10.5. The van der Waals surface area contributed by atoms with Gasteiger partial charge in [0.25, 0.3) is 0 Å². The molecule has 17 heteroatoms. The maximum atomic E-state index is 11.6. The number of carbonyl (C=O) groups is 1. The third-order valence-corrected chi connectivity index (χ3v) is 6.49. The topological polar surface area (TPSA) is 278 Å². The fraction of sp³-hybridized carbons (Fsp3) is 0.950. The van der Waals surface area contributed by atoms with E-state index < -0.39 is 118 Å². The zero-order chi connectivity index (χ0) is 27.6. The SMILES string of the molecule is CC(=O)N[C@H]1[C@H](O[C@H]2[C@H](O)[C@@H](O)[C@H](O[C@H]3[C@H](O)[C@@H](CO)OC(O)[C@@H]3O)O[C@@H]2CO)O[C@H](CO)[C@@H](O)[C@@H]1O. The van der Waals surface area contributed by atoms with E-state index in [-0.39, 0.29) is 0 Å². The van der Waals surface area contributed by atoms with Crippen LogP contribution in [-0.2, 0) is 28.5 Å². The van der Waals surface area contributed by atoms with Crippen LogP contribution in [0.25, 0.3) is 0 Å². The van der Waals surface area contributed by atoms with Gasteiger partial charge in [0.15, 0.2) is 18.9 Å². The van der Waals surface area contributed by atoms with Gasteiger partial charge in [0.2, 0.25) is 5.91 Å². The summed E-state index contributed by atoms with van der Waals surface area (Å²) in [6.45, 7) is -1.20. The van der Waals surface area contributed by atoms with E-state index in [1.165, 1.54) is 0 Å². The first-order chi connectivity index (χ1) is 17.4. The molecule has 11 N–H and O–H groups in total. The van der Waals surface area contributed by atoms with Crippen LogP contribution in [0.15, 0.2) is 0 Å². The van der Waals surface area contributed by atoms with Gasteiger partial charge in [-0.05, 0) is 0 Å². The van der Waals surface area contributed by atoms with Crippen LogP contribution in [0.3, 0.4) is 0 Å². The van der Waals surface area contributed by atoms with Crippen LogP contribution in [0.1, 0.15) is 6.92 Å². The molecule has 15 atom stereocenters. The number of carbonyl (C=O) groups excluding carboxylic acids is 1. The summed E-state index contributed by atoms with van der Waals surface area (Å²) in [5, 5.41) is 103.